The van der Waals surface area contributed by atoms with Crippen LogP contribution in [0, 0.1) is 0 Å². The van der Waals surface area contributed by atoms with Crippen molar-refractivity contribution in [2.75, 3.05) is 6.61 Å². The highest BCUT2D eigenvalue weighted by molar-refractivity contribution is 5.81. The van der Waals surface area contributed by atoms with Crippen molar-refractivity contribution in [1.82, 2.24) is 0 Å². The van der Waals surface area contributed by atoms with Crippen molar-refractivity contribution in [3.63, 3.8) is 0 Å². The van der Waals surface area contributed by atoms with Gasteiger partial charge in [-0.15, -0.1) is 0 Å². The minimum atomic E-state index is -0.324. The third kappa shape index (κ3) is 3.91. The summed E-state index contributed by atoms with van der Waals surface area (Å²) in [5.74, 6) is -0.297. The van der Waals surface area contributed by atoms with Gasteiger partial charge in [0.05, 0.1) is 6.26 Å². The number of carbonyl (C=O) groups excluding carboxylic acids is 1. The number of ether oxygens (including phenoxy) is 2. The van der Waals surface area contributed by atoms with Crippen LogP contribution in [0.3, 0.4) is 0 Å². The van der Waals surface area contributed by atoms with E-state index in [1.54, 1.807) is 13.0 Å². The maximum absolute atomic E-state index is 11.3. The first-order chi connectivity index (χ1) is 8.15. The van der Waals surface area contributed by atoms with Gasteiger partial charge in [-0.3, -0.25) is 0 Å². The average Bonchev–Trinajstić information content (AvgIpc) is 2.37. The lowest BCUT2D eigenvalue weighted by molar-refractivity contribution is -0.147. The predicted molar refractivity (Wildman–Crippen MR) is 67.5 cm³/mol. The zero-order valence-corrected chi connectivity index (χ0v) is 11.0. The molecule has 0 spiro atoms. The average molecular weight is 238 g/mol. The Morgan fingerprint density at radius 1 is 1.59 bits per heavy atom. The Morgan fingerprint density at radius 2 is 2.35 bits per heavy atom. The van der Waals surface area contributed by atoms with Crippen LogP contribution in [0.2, 0.25) is 0 Å². The van der Waals surface area contributed by atoms with E-state index in [9.17, 15) is 4.79 Å². The number of esters is 1. The molecular weight excluding hydrogens is 216 g/mol. The van der Waals surface area contributed by atoms with E-state index in [0.29, 0.717) is 6.61 Å². The van der Waals surface area contributed by atoms with E-state index in [0.717, 1.165) is 25.7 Å². The third-order valence-corrected chi connectivity index (χ3v) is 3.26. The van der Waals surface area contributed by atoms with Crippen LogP contribution in [-0.4, -0.2) is 18.2 Å². The van der Waals surface area contributed by atoms with Gasteiger partial charge >= 0.3 is 5.97 Å². The maximum Gasteiger partial charge on any atom is 0.330 e. The second kappa shape index (κ2) is 6.48. The van der Waals surface area contributed by atoms with Gasteiger partial charge < -0.3 is 9.47 Å². The molecule has 0 aromatic carbocycles. The van der Waals surface area contributed by atoms with E-state index in [4.69, 9.17) is 9.47 Å². The normalized spacial score (nSPS) is 24.3. The van der Waals surface area contributed by atoms with Gasteiger partial charge in [0.2, 0.25) is 0 Å². The molecule has 3 nitrogen and oxygen atoms in total. The lowest BCUT2D eigenvalue weighted by Crippen LogP contribution is -2.38. The number of allylic oxidation sites excluding steroid dienone is 2. The van der Waals surface area contributed by atoms with E-state index < -0.39 is 0 Å². The van der Waals surface area contributed by atoms with Gasteiger partial charge in [0.15, 0.2) is 0 Å². The summed E-state index contributed by atoms with van der Waals surface area (Å²) < 4.78 is 11.0. The van der Waals surface area contributed by atoms with Crippen molar-refractivity contribution in [1.29, 1.82) is 0 Å². The fourth-order valence-corrected chi connectivity index (χ4v) is 1.83. The minimum absolute atomic E-state index is 0.297. The van der Waals surface area contributed by atoms with Crippen LogP contribution in [0.15, 0.2) is 24.0 Å². The molecule has 0 aromatic heterocycles. The molecule has 1 aliphatic rings. The van der Waals surface area contributed by atoms with E-state index in [2.05, 4.69) is 13.8 Å². The highest BCUT2D eigenvalue weighted by Gasteiger charge is 2.33. The molecule has 0 amide bonds. The zero-order chi connectivity index (χ0) is 12.7. The van der Waals surface area contributed by atoms with Gasteiger partial charge in [-0.05, 0) is 38.2 Å². The first-order valence-corrected chi connectivity index (χ1v) is 6.31. The summed E-state index contributed by atoms with van der Waals surface area (Å²) in [7, 11) is 0. The van der Waals surface area contributed by atoms with Crippen LogP contribution in [0.25, 0.3) is 0 Å². The fourth-order valence-electron chi connectivity index (χ4n) is 1.83. The van der Waals surface area contributed by atoms with Gasteiger partial charge in [-0.1, -0.05) is 19.9 Å². The smallest absolute Gasteiger partial charge is 0.330 e. The highest BCUT2D eigenvalue weighted by atomic mass is 16.6. The summed E-state index contributed by atoms with van der Waals surface area (Å²) in [4.78, 5) is 11.3. The Morgan fingerprint density at radius 3 is 2.82 bits per heavy atom. The number of rotatable bonds is 5. The van der Waals surface area contributed by atoms with E-state index >= 15 is 0 Å². The molecule has 1 unspecified atom stereocenters. The van der Waals surface area contributed by atoms with Crippen molar-refractivity contribution < 1.29 is 14.3 Å². The number of carbonyl (C=O) groups is 1. The molecule has 0 saturated carbocycles. The molecule has 1 rings (SSSR count). The summed E-state index contributed by atoms with van der Waals surface area (Å²) in [5, 5.41) is 0. The Kier molecular flexibility index (Phi) is 5.26. The first-order valence-electron chi connectivity index (χ1n) is 6.31. The Hall–Kier alpha value is -1.25. The summed E-state index contributed by atoms with van der Waals surface area (Å²) in [6.07, 6.45) is 8.79. The third-order valence-electron chi connectivity index (χ3n) is 3.26. The van der Waals surface area contributed by atoms with Crippen LogP contribution >= 0.6 is 0 Å². The minimum Gasteiger partial charge on any atom is -0.491 e. The quantitative estimate of drug-likeness (QED) is 0.544. The molecule has 1 heterocycles. The Balaban J connectivity index is 2.54. The second-order valence-corrected chi connectivity index (χ2v) is 4.39. The molecule has 0 bridgehead atoms. The van der Waals surface area contributed by atoms with Crippen molar-refractivity contribution >= 4 is 5.97 Å². The van der Waals surface area contributed by atoms with Crippen molar-refractivity contribution in [3.8, 4) is 0 Å². The van der Waals surface area contributed by atoms with Crippen molar-refractivity contribution in [2.24, 2.45) is 0 Å². The van der Waals surface area contributed by atoms with E-state index in [1.165, 1.54) is 11.6 Å². The lowest BCUT2D eigenvalue weighted by atomic mass is 9.90. The molecule has 0 aliphatic carbocycles. The fraction of sp³-hybridized carbons (Fsp3) is 0.643. The van der Waals surface area contributed by atoms with Crippen LogP contribution in [0.1, 0.15) is 46.5 Å². The first kappa shape index (κ1) is 13.8. The molecule has 1 aliphatic heterocycles. The summed E-state index contributed by atoms with van der Waals surface area (Å²) >= 11 is 0. The summed E-state index contributed by atoms with van der Waals surface area (Å²) in [6.45, 7) is 6.32. The molecular formula is C14H22O3. The van der Waals surface area contributed by atoms with Gasteiger partial charge in [-0.2, -0.15) is 0 Å². The van der Waals surface area contributed by atoms with E-state index in [-0.39, 0.29) is 11.6 Å². The summed E-state index contributed by atoms with van der Waals surface area (Å²) in [6, 6.07) is 0. The summed E-state index contributed by atoms with van der Waals surface area (Å²) in [5.41, 5.74) is 1.00. The zero-order valence-electron chi connectivity index (χ0n) is 11.0. The van der Waals surface area contributed by atoms with Crippen molar-refractivity contribution in [3.05, 3.63) is 24.0 Å². The molecule has 96 valence electrons. The maximum atomic E-state index is 11.3. The van der Waals surface area contributed by atoms with Gasteiger partial charge in [0.25, 0.3) is 0 Å². The van der Waals surface area contributed by atoms with Crippen LogP contribution in [0.5, 0.6) is 0 Å². The Labute approximate surface area is 103 Å². The molecule has 0 fully saturated rings. The molecule has 17 heavy (non-hydrogen) atoms. The lowest BCUT2D eigenvalue weighted by Gasteiger charge is -2.35. The largest absolute Gasteiger partial charge is 0.491 e. The molecule has 1 atom stereocenters. The number of hydrogen-bond acceptors (Lipinski definition) is 3. The highest BCUT2D eigenvalue weighted by Crippen LogP contribution is 2.31. The standard InChI is InChI=1S/C14H22O3/c1-4-7-13(15)16-11-14(6-3)9-8-12(5-2)10-17-14/h4,7,10H,5-6,8-9,11H2,1-3H3. The van der Waals surface area contributed by atoms with Crippen molar-refractivity contribution in [2.45, 2.75) is 52.1 Å². The molecule has 0 aromatic rings. The Bertz CT molecular complexity index is 317. The van der Waals surface area contributed by atoms with Gasteiger partial charge in [0.1, 0.15) is 12.2 Å². The van der Waals surface area contributed by atoms with Gasteiger partial charge in [0, 0.05) is 6.08 Å². The SMILES string of the molecule is CC=CC(=O)OCC1(CC)CCC(CC)=CO1. The monoisotopic (exact) mass is 238 g/mol. The topological polar surface area (TPSA) is 35.5 Å². The molecule has 0 radical (unpaired) electrons. The molecule has 0 N–H and O–H groups in total. The van der Waals surface area contributed by atoms with Crippen LogP contribution < -0.4 is 0 Å². The predicted octanol–water partition coefficient (Wildman–Crippen LogP) is 3.36. The van der Waals surface area contributed by atoms with Crippen LogP contribution in [0.4, 0.5) is 0 Å². The second-order valence-electron chi connectivity index (χ2n) is 4.39. The molecule has 3 heteroatoms. The van der Waals surface area contributed by atoms with Crippen LogP contribution in [-0.2, 0) is 14.3 Å². The number of hydrogen-bond donors (Lipinski definition) is 0. The molecule has 0 saturated heterocycles. The van der Waals surface area contributed by atoms with Gasteiger partial charge in [-0.25, -0.2) is 4.79 Å². The van der Waals surface area contributed by atoms with E-state index in [1.807, 2.05) is 6.26 Å².